The van der Waals surface area contributed by atoms with Crippen LogP contribution in [0.5, 0.6) is 0 Å². The molecule has 0 saturated carbocycles. The van der Waals surface area contributed by atoms with E-state index in [0.717, 1.165) is 0 Å². The molecule has 1 fully saturated rings. The van der Waals surface area contributed by atoms with Gasteiger partial charge in [0.25, 0.3) is 5.78 Å². The highest BCUT2D eigenvalue weighted by Gasteiger charge is 2.66. The first-order valence-corrected chi connectivity index (χ1v) is 12.1. The van der Waals surface area contributed by atoms with Crippen molar-refractivity contribution in [3.63, 3.8) is 0 Å². The summed E-state index contributed by atoms with van der Waals surface area (Å²) in [6, 6.07) is 10.6. The lowest BCUT2D eigenvalue weighted by atomic mass is 9.69. The second-order valence-corrected chi connectivity index (χ2v) is 10.3. The molecule has 0 N–H and O–H groups in total. The van der Waals surface area contributed by atoms with Gasteiger partial charge in [0, 0.05) is 11.8 Å². The topological polar surface area (TPSA) is 51.2 Å². The number of nitrogens with zero attached hydrogens (tertiary/aromatic N) is 1. The molecule has 3 rings (SSSR count). The van der Waals surface area contributed by atoms with E-state index in [1.165, 1.54) is 24.3 Å². The molecule has 4 nitrogen and oxygen atoms in total. The molecule has 1 amide bonds. The first-order chi connectivity index (χ1) is 16.0. The Morgan fingerprint density at radius 3 is 1.82 bits per heavy atom. The third kappa shape index (κ3) is 4.24. The fourth-order valence-corrected chi connectivity index (χ4v) is 5.81. The Labute approximate surface area is 205 Å². The van der Waals surface area contributed by atoms with Crippen LogP contribution in [-0.4, -0.2) is 40.4 Å². The van der Waals surface area contributed by atoms with Gasteiger partial charge in [-0.3, -0.25) is 9.59 Å². The van der Waals surface area contributed by atoms with Crippen molar-refractivity contribution in [1.29, 1.82) is 0 Å². The molecule has 1 aliphatic rings. The van der Waals surface area contributed by atoms with Crippen LogP contribution < -0.4 is 0 Å². The Balaban J connectivity index is 2.32. The molecule has 2 aromatic rings. The van der Waals surface area contributed by atoms with Crippen LogP contribution >= 0.6 is 12.6 Å². The van der Waals surface area contributed by atoms with E-state index in [1.807, 2.05) is 13.8 Å². The Kier molecular flexibility index (Phi) is 7.48. The van der Waals surface area contributed by atoms with Crippen molar-refractivity contribution in [1.82, 2.24) is 0 Å². The summed E-state index contributed by atoms with van der Waals surface area (Å²) >= 11 is 4.25. The first kappa shape index (κ1) is 26.2. The molecule has 0 bridgehead atoms. The minimum absolute atomic E-state index is 0.240. The van der Waals surface area contributed by atoms with Crippen molar-refractivity contribution in [2.24, 2.45) is 5.41 Å². The van der Waals surface area contributed by atoms with Gasteiger partial charge in [-0.1, -0.05) is 64.6 Å². The molecule has 0 aromatic heterocycles. The predicted molar refractivity (Wildman–Crippen MR) is 130 cm³/mol. The highest BCUT2D eigenvalue weighted by molar-refractivity contribution is 7.96. The largest absolute Gasteiger partial charge is 0.382 e. The lowest BCUT2D eigenvalue weighted by Crippen LogP contribution is -2.65. The summed E-state index contributed by atoms with van der Waals surface area (Å²) in [6.07, 6.45) is 1.38. The molecule has 1 unspecified atom stereocenters. The van der Waals surface area contributed by atoms with Crippen LogP contribution in [0.2, 0.25) is 0 Å². The van der Waals surface area contributed by atoms with Crippen LogP contribution in [0.15, 0.2) is 48.5 Å². The number of benzene rings is 2. The van der Waals surface area contributed by atoms with Gasteiger partial charge in [-0.25, -0.2) is 18.1 Å². The number of thiol groups is 1. The average molecular weight is 489 g/mol. The standard InChI is InChI=1S/C27H31F2NO3S/c1-5-16-30(24(32)23(31)26(3,4)6-2)17-15-27(22(30)25(33)34,18-7-11-20(28)12-8-18)19-9-13-21(29)14-10-19/h7-14,22H,5-6,15-17H2,1-4H3/p+1/t22-,30?/m1/s1. The normalized spacial score (nSPS) is 21.9. The van der Waals surface area contributed by atoms with E-state index < -0.39 is 45.3 Å². The third-order valence-corrected chi connectivity index (χ3v) is 7.78. The molecule has 1 saturated heterocycles. The predicted octanol–water partition coefficient (Wildman–Crippen LogP) is 5.24. The Bertz CT molecular complexity index is 1040. The number of Topliss-reactive ketones (excluding diaryl/α,β-unsaturated/α-hetero) is 1. The van der Waals surface area contributed by atoms with Crippen molar-refractivity contribution >= 4 is 29.4 Å². The van der Waals surface area contributed by atoms with E-state index in [0.29, 0.717) is 30.4 Å². The van der Waals surface area contributed by atoms with Gasteiger partial charge in [0.1, 0.15) is 11.6 Å². The highest BCUT2D eigenvalue weighted by atomic mass is 32.1. The molecule has 2 aromatic carbocycles. The molecule has 0 spiro atoms. The van der Waals surface area contributed by atoms with Gasteiger partial charge < -0.3 is 0 Å². The van der Waals surface area contributed by atoms with Gasteiger partial charge in [-0.2, -0.15) is 0 Å². The minimum Gasteiger partial charge on any atom is -0.283 e. The van der Waals surface area contributed by atoms with E-state index in [-0.39, 0.29) is 17.6 Å². The molecule has 2 atom stereocenters. The number of rotatable bonds is 8. The first-order valence-electron chi connectivity index (χ1n) is 11.7. The van der Waals surface area contributed by atoms with Crippen LogP contribution in [-0.2, 0) is 19.8 Å². The zero-order chi connectivity index (χ0) is 25.3. The summed E-state index contributed by atoms with van der Waals surface area (Å²) in [7, 11) is 0. The monoisotopic (exact) mass is 488 g/mol. The molecule has 182 valence electrons. The summed E-state index contributed by atoms with van der Waals surface area (Å²) in [6.45, 7) is 7.74. The maximum Gasteiger partial charge on any atom is 0.382 e. The Hall–Kier alpha value is -2.38. The number of ketones is 1. The van der Waals surface area contributed by atoms with Crippen LogP contribution in [0.3, 0.4) is 0 Å². The summed E-state index contributed by atoms with van der Waals surface area (Å²) < 4.78 is 27.4. The number of quaternary nitrogens is 1. The second-order valence-electron chi connectivity index (χ2n) is 9.83. The Morgan fingerprint density at radius 2 is 1.44 bits per heavy atom. The van der Waals surface area contributed by atoms with Crippen LogP contribution in [0.1, 0.15) is 58.1 Å². The fourth-order valence-electron chi connectivity index (χ4n) is 5.36. The molecule has 34 heavy (non-hydrogen) atoms. The number of hydrogen-bond acceptors (Lipinski definition) is 3. The van der Waals surface area contributed by atoms with E-state index in [9.17, 15) is 23.2 Å². The molecular formula is C27H32F2NO3S+. The van der Waals surface area contributed by atoms with E-state index in [1.54, 1.807) is 38.1 Å². The van der Waals surface area contributed by atoms with Crippen molar-refractivity contribution in [3.05, 3.63) is 71.3 Å². The van der Waals surface area contributed by atoms with Crippen molar-refractivity contribution in [3.8, 4) is 0 Å². The number of likely N-dealkylation sites (tertiary alicyclic amines) is 1. The lowest BCUT2D eigenvalue weighted by Gasteiger charge is -2.42. The van der Waals surface area contributed by atoms with Gasteiger partial charge in [0.15, 0.2) is 6.04 Å². The summed E-state index contributed by atoms with van der Waals surface area (Å²) in [5.74, 6) is -1.99. The molecular weight excluding hydrogens is 456 g/mol. The molecule has 0 aliphatic carbocycles. The zero-order valence-corrected chi connectivity index (χ0v) is 21.0. The second kappa shape index (κ2) is 9.70. The molecule has 0 radical (unpaired) electrons. The average Bonchev–Trinajstić information content (AvgIpc) is 3.16. The van der Waals surface area contributed by atoms with Crippen molar-refractivity contribution in [2.75, 3.05) is 13.1 Å². The molecule has 1 aliphatic heterocycles. The fraction of sp³-hybridized carbons (Fsp3) is 0.444. The number of carbonyl (C=O) groups is 3. The maximum absolute atomic E-state index is 14.0. The quantitative estimate of drug-likeness (QED) is 0.314. The van der Waals surface area contributed by atoms with Crippen molar-refractivity contribution < 1.29 is 27.6 Å². The molecule has 1 heterocycles. The summed E-state index contributed by atoms with van der Waals surface area (Å²) in [5.41, 5.74) is -0.711. The molecule has 7 heteroatoms. The van der Waals surface area contributed by atoms with E-state index in [2.05, 4.69) is 12.6 Å². The zero-order valence-electron chi connectivity index (χ0n) is 20.1. The number of hydrogen-bond donors (Lipinski definition) is 1. The maximum atomic E-state index is 14.0. The number of amides is 1. The van der Waals surface area contributed by atoms with Gasteiger partial charge in [-0.05, 0) is 48.2 Å². The summed E-state index contributed by atoms with van der Waals surface area (Å²) in [5, 5.41) is -0.532. The van der Waals surface area contributed by atoms with E-state index in [4.69, 9.17) is 0 Å². The minimum atomic E-state index is -1.08. The SMILES string of the molecule is CCC[N+]1(C(=O)C(=O)C(C)(C)CC)CCC(c2ccc(F)cc2)(c2ccc(F)cc2)[C@H]1C(=O)S. The van der Waals surface area contributed by atoms with Crippen LogP contribution in [0.25, 0.3) is 0 Å². The van der Waals surface area contributed by atoms with Crippen LogP contribution in [0.4, 0.5) is 8.78 Å². The third-order valence-electron chi connectivity index (χ3n) is 7.54. The number of carbonyl (C=O) groups excluding carboxylic acids is 3. The summed E-state index contributed by atoms with van der Waals surface area (Å²) in [4.78, 5) is 40.7. The van der Waals surface area contributed by atoms with Crippen molar-refractivity contribution in [2.45, 2.75) is 58.4 Å². The van der Waals surface area contributed by atoms with E-state index >= 15 is 0 Å². The van der Waals surface area contributed by atoms with Crippen LogP contribution in [0, 0.1) is 17.0 Å². The highest BCUT2D eigenvalue weighted by Crippen LogP contribution is 2.51. The van der Waals surface area contributed by atoms with Gasteiger partial charge >= 0.3 is 5.91 Å². The lowest BCUT2D eigenvalue weighted by molar-refractivity contribution is -0.855. The van der Waals surface area contributed by atoms with Gasteiger partial charge in [-0.15, -0.1) is 0 Å². The smallest absolute Gasteiger partial charge is 0.283 e. The number of halogens is 2. The van der Waals surface area contributed by atoms with Gasteiger partial charge in [0.05, 0.1) is 18.5 Å². The van der Waals surface area contributed by atoms with Gasteiger partial charge in [0.2, 0.25) is 5.12 Å². The Morgan fingerprint density at radius 1 is 0.971 bits per heavy atom.